The molecule has 2 heteroatoms. The third-order valence-electron chi connectivity index (χ3n) is 1.94. The molecule has 0 fully saturated rings. The molecule has 0 unspecified atom stereocenters. The lowest BCUT2D eigenvalue weighted by molar-refractivity contribution is 0.181. The quantitative estimate of drug-likeness (QED) is 0.690. The SMILES string of the molecule is C=CC[C@@H](O)c1ccc(CO)cc1. The summed E-state index contributed by atoms with van der Waals surface area (Å²) in [4.78, 5) is 0. The number of aliphatic hydroxyl groups excluding tert-OH is 2. The number of rotatable bonds is 4. The molecule has 0 radical (unpaired) electrons. The minimum atomic E-state index is -0.481. The fourth-order valence-corrected chi connectivity index (χ4v) is 1.14. The van der Waals surface area contributed by atoms with Crippen LogP contribution in [0.5, 0.6) is 0 Å². The monoisotopic (exact) mass is 178 g/mol. The molecule has 0 heterocycles. The van der Waals surface area contributed by atoms with E-state index in [1.54, 1.807) is 6.08 Å². The first-order valence-corrected chi connectivity index (χ1v) is 4.26. The number of benzene rings is 1. The molecule has 1 aromatic rings. The Kier molecular flexibility index (Phi) is 3.68. The van der Waals surface area contributed by atoms with E-state index in [0.717, 1.165) is 11.1 Å². The van der Waals surface area contributed by atoms with Gasteiger partial charge in [-0.05, 0) is 17.5 Å². The van der Waals surface area contributed by atoms with Crippen LogP contribution >= 0.6 is 0 Å². The van der Waals surface area contributed by atoms with Crippen molar-refractivity contribution in [2.45, 2.75) is 19.1 Å². The van der Waals surface area contributed by atoms with Gasteiger partial charge in [-0.1, -0.05) is 30.3 Å². The maximum Gasteiger partial charge on any atom is 0.0824 e. The van der Waals surface area contributed by atoms with Crippen LogP contribution in [0.4, 0.5) is 0 Å². The van der Waals surface area contributed by atoms with Gasteiger partial charge in [0.25, 0.3) is 0 Å². The molecular weight excluding hydrogens is 164 g/mol. The third kappa shape index (κ3) is 2.68. The molecule has 1 aromatic carbocycles. The topological polar surface area (TPSA) is 40.5 Å². The molecule has 2 nitrogen and oxygen atoms in total. The van der Waals surface area contributed by atoms with Crippen molar-refractivity contribution in [2.75, 3.05) is 0 Å². The highest BCUT2D eigenvalue weighted by atomic mass is 16.3. The van der Waals surface area contributed by atoms with Crippen LogP contribution in [0.15, 0.2) is 36.9 Å². The van der Waals surface area contributed by atoms with Gasteiger partial charge in [-0.25, -0.2) is 0 Å². The van der Waals surface area contributed by atoms with E-state index in [1.807, 2.05) is 24.3 Å². The maximum atomic E-state index is 9.55. The Balaban J connectivity index is 2.73. The van der Waals surface area contributed by atoms with Crippen LogP contribution in [0.2, 0.25) is 0 Å². The highest BCUT2D eigenvalue weighted by Gasteiger charge is 2.03. The molecule has 0 aliphatic rings. The predicted octanol–water partition coefficient (Wildman–Crippen LogP) is 1.79. The van der Waals surface area contributed by atoms with E-state index in [-0.39, 0.29) is 6.61 Å². The van der Waals surface area contributed by atoms with Crippen molar-refractivity contribution >= 4 is 0 Å². The van der Waals surface area contributed by atoms with Gasteiger partial charge in [-0.15, -0.1) is 6.58 Å². The summed E-state index contributed by atoms with van der Waals surface area (Å²) in [5, 5.41) is 18.3. The van der Waals surface area contributed by atoms with Crippen molar-refractivity contribution in [3.8, 4) is 0 Å². The zero-order valence-corrected chi connectivity index (χ0v) is 7.48. The van der Waals surface area contributed by atoms with Crippen LogP contribution in [0.3, 0.4) is 0 Å². The molecule has 2 N–H and O–H groups in total. The van der Waals surface area contributed by atoms with Gasteiger partial charge in [0.2, 0.25) is 0 Å². The summed E-state index contributed by atoms with van der Waals surface area (Å²) >= 11 is 0. The van der Waals surface area contributed by atoms with Crippen molar-refractivity contribution in [1.82, 2.24) is 0 Å². The summed E-state index contributed by atoms with van der Waals surface area (Å²) in [6.45, 7) is 3.60. The summed E-state index contributed by atoms with van der Waals surface area (Å²) < 4.78 is 0. The molecule has 0 aliphatic heterocycles. The molecule has 0 aromatic heterocycles. The molecule has 1 rings (SSSR count). The van der Waals surface area contributed by atoms with E-state index >= 15 is 0 Å². The normalized spacial score (nSPS) is 12.5. The zero-order chi connectivity index (χ0) is 9.68. The first-order valence-electron chi connectivity index (χ1n) is 4.26. The van der Waals surface area contributed by atoms with Gasteiger partial charge in [0, 0.05) is 0 Å². The van der Waals surface area contributed by atoms with Crippen molar-refractivity contribution < 1.29 is 10.2 Å². The minimum absolute atomic E-state index is 0.0395. The number of aliphatic hydroxyl groups is 2. The summed E-state index contributed by atoms with van der Waals surface area (Å²) in [5.74, 6) is 0. The van der Waals surface area contributed by atoms with E-state index in [2.05, 4.69) is 6.58 Å². The van der Waals surface area contributed by atoms with Gasteiger partial charge in [0.05, 0.1) is 12.7 Å². The second-order valence-electron chi connectivity index (χ2n) is 2.94. The molecule has 13 heavy (non-hydrogen) atoms. The van der Waals surface area contributed by atoms with Crippen molar-refractivity contribution in [1.29, 1.82) is 0 Å². The third-order valence-corrected chi connectivity index (χ3v) is 1.94. The predicted molar refractivity (Wildman–Crippen MR) is 52.1 cm³/mol. The highest BCUT2D eigenvalue weighted by Crippen LogP contribution is 2.17. The smallest absolute Gasteiger partial charge is 0.0824 e. The molecule has 70 valence electrons. The Bertz CT molecular complexity index is 264. The van der Waals surface area contributed by atoms with E-state index in [9.17, 15) is 5.11 Å². The largest absolute Gasteiger partial charge is 0.392 e. The van der Waals surface area contributed by atoms with Crippen molar-refractivity contribution in [2.24, 2.45) is 0 Å². The second kappa shape index (κ2) is 4.80. The fourth-order valence-electron chi connectivity index (χ4n) is 1.14. The van der Waals surface area contributed by atoms with Crippen molar-refractivity contribution in [3.63, 3.8) is 0 Å². The standard InChI is InChI=1S/C11H14O2/c1-2-3-11(13)10-6-4-9(8-12)5-7-10/h2,4-7,11-13H,1,3,8H2/t11-/m1/s1. The summed E-state index contributed by atoms with van der Waals surface area (Å²) in [7, 11) is 0. The van der Waals surface area contributed by atoms with E-state index in [0.29, 0.717) is 6.42 Å². The van der Waals surface area contributed by atoms with Gasteiger partial charge < -0.3 is 10.2 Å². The lowest BCUT2D eigenvalue weighted by Crippen LogP contribution is -1.95. The molecule has 1 atom stereocenters. The average molecular weight is 178 g/mol. The van der Waals surface area contributed by atoms with E-state index < -0.39 is 6.10 Å². The van der Waals surface area contributed by atoms with E-state index in [4.69, 9.17) is 5.11 Å². The Morgan fingerprint density at radius 2 is 1.92 bits per heavy atom. The Labute approximate surface area is 78.2 Å². The van der Waals surface area contributed by atoms with Gasteiger partial charge in [0.1, 0.15) is 0 Å². The highest BCUT2D eigenvalue weighted by molar-refractivity contribution is 5.23. The maximum absolute atomic E-state index is 9.55. The lowest BCUT2D eigenvalue weighted by Gasteiger charge is -2.08. The first-order chi connectivity index (χ1) is 6.27. The van der Waals surface area contributed by atoms with E-state index in [1.165, 1.54) is 0 Å². The summed E-state index contributed by atoms with van der Waals surface area (Å²) in [6, 6.07) is 7.25. The van der Waals surface area contributed by atoms with Crippen LogP contribution in [-0.2, 0) is 6.61 Å². The Morgan fingerprint density at radius 1 is 1.31 bits per heavy atom. The number of hydrogen-bond acceptors (Lipinski definition) is 2. The van der Waals surface area contributed by atoms with Crippen LogP contribution in [-0.4, -0.2) is 10.2 Å². The van der Waals surface area contributed by atoms with Gasteiger partial charge in [-0.2, -0.15) is 0 Å². The average Bonchev–Trinajstić information content (AvgIpc) is 2.18. The van der Waals surface area contributed by atoms with Crippen molar-refractivity contribution in [3.05, 3.63) is 48.0 Å². The molecule has 0 bridgehead atoms. The van der Waals surface area contributed by atoms with Crippen LogP contribution in [0, 0.1) is 0 Å². The molecule has 0 spiro atoms. The van der Waals surface area contributed by atoms with Crippen LogP contribution in [0.1, 0.15) is 23.7 Å². The Hall–Kier alpha value is -1.12. The summed E-state index contributed by atoms with van der Waals surface area (Å²) in [6.07, 6.45) is 1.76. The van der Waals surface area contributed by atoms with Gasteiger partial charge in [-0.3, -0.25) is 0 Å². The van der Waals surface area contributed by atoms with Gasteiger partial charge >= 0.3 is 0 Å². The minimum Gasteiger partial charge on any atom is -0.392 e. The molecule has 0 amide bonds. The zero-order valence-electron chi connectivity index (χ0n) is 7.48. The molecule has 0 saturated carbocycles. The molecule has 0 aliphatic carbocycles. The number of hydrogen-bond donors (Lipinski definition) is 2. The second-order valence-corrected chi connectivity index (χ2v) is 2.94. The first kappa shape index (κ1) is 9.96. The summed E-state index contributed by atoms with van der Waals surface area (Å²) in [5.41, 5.74) is 1.71. The molecule has 0 saturated heterocycles. The lowest BCUT2D eigenvalue weighted by atomic mass is 10.1. The Morgan fingerprint density at radius 3 is 2.38 bits per heavy atom. The van der Waals surface area contributed by atoms with Gasteiger partial charge in [0.15, 0.2) is 0 Å². The van der Waals surface area contributed by atoms with Crippen LogP contribution in [0.25, 0.3) is 0 Å². The molecular formula is C11H14O2. The van der Waals surface area contributed by atoms with Crippen LogP contribution < -0.4 is 0 Å². The fraction of sp³-hybridized carbons (Fsp3) is 0.273.